The average molecular weight is 281 g/mol. The van der Waals surface area contributed by atoms with Gasteiger partial charge >= 0.3 is 0 Å². The number of rotatable bonds is 9. The van der Waals surface area contributed by atoms with E-state index in [2.05, 4.69) is 19.2 Å². The Hall–Kier alpha value is -1.26. The lowest BCUT2D eigenvalue weighted by atomic mass is 10.0. The fraction of sp³-hybridized carbons (Fsp3) is 0.625. The predicted octanol–water partition coefficient (Wildman–Crippen LogP) is 2.94. The molecule has 0 fully saturated rings. The first-order valence-corrected chi connectivity index (χ1v) is 7.34. The van der Waals surface area contributed by atoms with Crippen LogP contribution < -0.4 is 10.1 Å². The lowest BCUT2D eigenvalue weighted by Gasteiger charge is -2.22. The van der Waals surface area contributed by atoms with Gasteiger partial charge in [0.25, 0.3) is 0 Å². The molecular formula is C16H27NO3. The zero-order valence-corrected chi connectivity index (χ0v) is 13.0. The average Bonchev–Trinajstić information content (AvgIpc) is 2.42. The summed E-state index contributed by atoms with van der Waals surface area (Å²) in [6, 6.07) is 5.85. The van der Waals surface area contributed by atoms with Crippen molar-refractivity contribution in [1.29, 1.82) is 0 Å². The molecule has 0 saturated heterocycles. The van der Waals surface area contributed by atoms with Crippen molar-refractivity contribution in [2.45, 2.75) is 40.3 Å². The van der Waals surface area contributed by atoms with Crippen LogP contribution >= 0.6 is 0 Å². The molecule has 4 nitrogen and oxygen atoms in total. The summed E-state index contributed by atoms with van der Waals surface area (Å²) in [6.07, 6.45) is 0. The number of para-hydroxylation sites is 1. The number of phenols is 1. The van der Waals surface area contributed by atoms with Crippen LogP contribution in [0.2, 0.25) is 0 Å². The summed E-state index contributed by atoms with van der Waals surface area (Å²) in [5, 5.41) is 13.6. The predicted molar refractivity (Wildman–Crippen MR) is 81.2 cm³/mol. The summed E-state index contributed by atoms with van der Waals surface area (Å²) in [5.74, 6) is 1.23. The van der Waals surface area contributed by atoms with E-state index < -0.39 is 0 Å². The van der Waals surface area contributed by atoms with E-state index in [1.54, 1.807) is 6.07 Å². The van der Waals surface area contributed by atoms with Crippen molar-refractivity contribution in [3.05, 3.63) is 23.8 Å². The largest absolute Gasteiger partial charge is 0.504 e. The van der Waals surface area contributed by atoms with E-state index in [-0.39, 0.29) is 11.8 Å². The highest BCUT2D eigenvalue weighted by Crippen LogP contribution is 2.29. The molecule has 1 unspecified atom stereocenters. The number of hydrogen-bond acceptors (Lipinski definition) is 4. The van der Waals surface area contributed by atoms with E-state index in [1.807, 2.05) is 26.0 Å². The van der Waals surface area contributed by atoms with Crippen molar-refractivity contribution in [3.8, 4) is 11.5 Å². The maximum absolute atomic E-state index is 10.2. The highest BCUT2D eigenvalue weighted by molar-refractivity contribution is 5.45. The summed E-state index contributed by atoms with van der Waals surface area (Å²) in [7, 11) is 0. The molecule has 0 aliphatic rings. The fourth-order valence-electron chi connectivity index (χ4n) is 1.96. The smallest absolute Gasteiger partial charge is 0.162 e. The minimum absolute atomic E-state index is 0.223. The lowest BCUT2D eigenvalue weighted by Crippen LogP contribution is -2.37. The molecule has 114 valence electrons. The molecule has 0 heterocycles. The standard InChI is InChI=1S/C16H27NO3/c1-5-19-11-14(12(3)4)17-10-13-8-7-9-15(16(13)18)20-6-2/h7-9,12,14,17-18H,5-6,10-11H2,1-4H3. The van der Waals surface area contributed by atoms with Gasteiger partial charge in [0.1, 0.15) is 0 Å². The molecule has 0 saturated carbocycles. The van der Waals surface area contributed by atoms with Crippen LogP contribution in [0.4, 0.5) is 0 Å². The lowest BCUT2D eigenvalue weighted by molar-refractivity contribution is 0.107. The normalized spacial score (nSPS) is 12.7. The van der Waals surface area contributed by atoms with Gasteiger partial charge in [0.15, 0.2) is 11.5 Å². The quantitative estimate of drug-likeness (QED) is 0.730. The van der Waals surface area contributed by atoms with Gasteiger partial charge in [-0.3, -0.25) is 0 Å². The number of phenolic OH excluding ortho intramolecular Hbond substituents is 1. The van der Waals surface area contributed by atoms with Crippen LogP contribution in [-0.2, 0) is 11.3 Å². The zero-order valence-electron chi connectivity index (χ0n) is 13.0. The Balaban J connectivity index is 2.65. The molecule has 1 aromatic rings. The van der Waals surface area contributed by atoms with Crippen molar-refractivity contribution in [2.24, 2.45) is 5.92 Å². The van der Waals surface area contributed by atoms with Crippen LogP contribution in [0, 0.1) is 5.92 Å². The van der Waals surface area contributed by atoms with Crippen LogP contribution in [0.1, 0.15) is 33.3 Å². The third-order valence-electron chi connectivity index (χ3n) is 3.24. The Kier molecular flexibility index (Phi) is 7.41. The van der Waals surface area contributed by atoms with E-state index in [0.29, 0.717) is 31.4 Å². The number of aromatic hydroxyl groups is 1. The molecule has 0 spiro atoms. The number of hydrogen-bond donors (Lipinski definition) is 2. The van der Waals surface area contributed by atoms with Crippen LogP contribution in [0.15, 0.2) is 18.2 Å². The van der Waals surface area contributed by atoms with Crippen LogP contribution in [0.5, 0.6) is 11.5 Å². The first-order valence-electron chi connectivity index (χ1n) is 7.34. The molecule has 0 bridgehead atoms. The summed E-state index contributed by atoms with van der Waals surface area (Å²) in [4.78, 5) is 0. The maximum Gasteiger partial charge on any atom is 0.162 e. The zero-order chi connectivity index (χ0) is 15.0. The Morgan fingerprint density at radius 3 is 2.55 bits per heavy atom. The van der Waals surface area contributed by atoms with Gasteiger partial charge in [-0.15, -0.1) is 0 Å². The van der Waals surface area contributed by atoms with Gasteiger partial charge in [-0.25, -0.2) is 0 Å². The summed E-state index contributed by atoms with van der Waals surface area (Å²) in [5.41, 5.74) is 0.845. The van der Waals surface area contributed by atoms with Crippen LogP contribution in [0.25, 0.3) is 0 Å². The molecule has 1 aromatic carbocycles. The van der Waals surface area contributed by atoms with Crippen molar-refractivity contribution in [3.63, 3.8) is 0 Å². The molecule has 20 heavy (non-hydrogen) atoms. The molecule has 0 amide bonds. The van der Waals surface area contributed by atoms with Crippen molar-refractivity contribution in [1.82, 2.24) is 5.32 Å². The summed E-state index contributed by atoms with van der Waals surface area (Å²) in [6.45, 7) is 10.8. The van der Waals surface area contributed by atoms with E-state index in [1.165, 1.54) is 0 Å². The second kappa shape index (κ2) is 8.82. The molecular weight excluding hydrogens is 254 g/mol. The summed E-state index contributed by atoms with van der Waals surface area (Å²) < 4.78 is 10.9. The fourth-order valence-corrected chi connectivity index (χ4v) is 1.96. The van der Waals surface area contributed by atoms with Gasteiger partial charge in [-0.05, 0) is 25.8 Å². The Labute approximate surface area is 122 Å². The third-order valence-corrected chi connectivity index (χ3v) is 3.24. The second-order valence-corrected chi connectivity index (χ2v) is 5.09. The minimum atomic E-state index is 0.223. The topological polar surface area (TPSA) is 50.7 Å². The van der Waals surface area contributed by atoms with Crippen molar-refractivity contribution < 1.29 is 14.6 Å². The van der Waals surface area contributed by atoms with Gasteiger partial charge in [0.2, 0.25) is 0 Å². The van der Waals surface area contributed by atoms with E-state index in [4.69, 9.17) is 9.47 Å². The molecule has 0 radical (unpaired) electrons. The maximum atomic E-state index is 10.2. The Morgan fingerprint density at radius 1 is 1.20 bits per heavy atom. The van der Waals surface area contributed by atoms with E-state index in [9.17, 15) is 5.11 Å². The number of benzene rings is 1. The molecule has 4 heteroatoms. The monoisotopic (exact) mass is 281 g/mol. The third kappa shape index (κ3) is 5.02. The van der Waals surface area contributed by atoms with Crippen LogP contribution in [0.3, 0.4) is 0 Å². The molecule has 0 aromatic heterocycles. The molecule has 2 N–H and O–H groups in total. The molecule has 0 aliphatic heterocycles. The highest BCUT2D eigenvalue weighted by Gasteiger charge is 2.14. The van der Waals surface area contributed by atoms with Gasteiger partial charge < -0.3 is 19.9 Å². The second-order valence-electron chi connectivity index (χ2n) is 5.09. The Bertz CT molecular complexity index is 393. The minimum Gasteiger partial charge on any atom is -0.504 e. The SMILES string of the molecule is CCOCC(NCc1cccc(OCC)c1O)C(C)C. The molecule has 1 rings (SSSR count). The first kappa shape index (κ1) is 16.8. The van der Waals surface area contributed by atoms with Crippen LogP contribution in [-0.4, -0.2) is 31.0 Å². The Morgan fingerprint density at radius 2 is 1.95 bits per heavy atom. The molecule has 1 atom stereocenters. The molecule has 0 aliphatic carbocycles. The van der Waals surface area contributed by atoms with E-state index in [0.717, 1.165) is 12.2 Å². The first-order chi connectivity index (χ1) is 9.60. The number of nitrogens with one attached hydrogen (secondary N) is 1. The number of ether oxygens (including phenoxy) is 2. The van der Waals surface area contributed by atoms with Gasteiger partial charge in [-0.2, -0.15) is 0 Å². The van der Waals surface area contributed by atoms with Gasteiger partial charge in [0, 0.05) is 24.8 Å². The summed E-state index contributed by atoms with van der Waals surface area (Å²) >= 11 is 0. The highest BCUT2D eigenvalue weighted by atomic mass is 16.5. The van der Waals surface area contributed by atoms with Gasteiger partial charge in [0.05, 0.1) is 13.2 Å². The van der Waals surface area contributed by atoms with Crippen molar-refractivity contribution in [2.75, 3.05) is 19.8 Å². The van der Waals surface area contributed by atoms with E-state index >= 15 is 0 Å². The van der Waals surface area contributed by atoms with Gasteiger partial charge in [-0.1, -0.05) is 26.0 Å². The van der Waals surface area contributed by atoms with Crippen molar-refractivity contribution >= 4 is 0 Å².